The Kier molecular flexibility index (Phi) is 4.17. The number of hydrogen-bond acceptors (Lipinski definition) is 7. The predicted molar refractivity (Wildman–Crippen MR) is 97.0 cm³/mol. The number of nitrogens with two attached hydrogens (primary N) is 1. The summed E-state index contributed by atoms with van der Waals surface area (Å²) in [6.45, 7) is 1.09. The third-order valence-electron chi connectivity index (χ3n) is 3.92. The molecule has 25 heavy (non-hydrogen) atoms. The lowest BCUT2D eigenvalue weighted by molar-refractivity contribution is 0.103. The molecule has 2 N–H and O–H groups in total. The van der Waals surface area contributed by atoms with E-state index in [9.17, 15) is 0 Å². The highest BCUT2D eigenvalue weighted by molar-refractivity contribution is 7.99. The van der Waals surface area contributed by atoms with E-state index in [1.165, 1.54) is 11.8 Å². The highest BCUT2D eigenvalue weighted by atomic mass is 35.5. The number of hydrogen-bond donors (Lipinski definition) is 1. The first-order chi connectivity index (χ1) is 12.2. The van der Waals surface area contributed by atoms with Crippen molar-refractivity contribution in [3.8, 4) is 17.5 Å². The molecule has 0 amide bonds. The molecule has 0 spiro atoms. The fourth-order valence-corrected chi connectivity index (χ4v) is 3.81. The monoisotopic (exact) mass is 369 g/mol. The first-order valence-electron chi connectivity index (χ1n) is 7.50. The van der Waals surface area contributed by atoms with Crippen LogP contribution in [0.5, 0.6) is 0 Å². The predicted octanol–water partition coefficient (Wildman–Crippen LogP) is 3.57. The van der Waals surface area contributed by atoms with Gasteiger partial charge in [0.15, 0.2) is 11.0 Å². The van der Waals surface area contributed by atoms with Gasteiger partial charge in [-0.3, -0.25) is 0 Å². The second-order valence-electron chi connectivity index (χ2n) is 5.47. The topological polar surface area (TPSA) is 97.7 Å². The van der Waals surface area contributed by atoms with Crippen LogP contribution in [0.3, 0.4) is 0 Å². The zero-order valence-electron chi connectivity index (χ0n) is 13.0. The Labute approximate surface area is 153 Å². The number of thioether (sulfide) groups is 1. The van der Waals surface area contributed by atoms with Gasteiger partial charge in [0.25, 0.3) is 0 Å². The summed E-state index contributed by atoms with van der Waals surface area (Å²) in [4.78, 5) is 12.8. The standard InChI is InChI=1S/C17H12ClN5OS/c18-12-6-10-8-24-7-9-2-1-3-11(13(9)10)14(12)15-21-16(20)23-17(22-15)25-5-4-19/h1-3,6H,5,7-8H2,(H2,20,21,22,23). The maximum absolute atomic E-state index is 8.76. The molecule has 2 aromatic carbocycles. The van der Waals surface area contributed by atoms with Crippen LogP contribution < -0.4 is 5.73 Å². The molecule has 124 valence electrons. The number of nitrogen functional groups attached to an aromatic ring is 1. The van der Waals surface area contributed by atoms with Gasteiger partial charge in [-0.25, -0.2) is 4.98 Å². The molecule has 0 radical (unpaired) electrons. The maximum Gasteiger partial charge on any atom is 0.224 e. The zero-order valence-corrected chi connectivity index (χ0v) is 14.6. The van der Waals surface area contributed by atoms with Crippen LogP contribution >= 0.6 is 23.4 Å². The highest BCUT2D eigenvalue weighted by Crippen LogP contribution is 2.39. The van der Waals surface area contributed by atoms with Gasteiger partial charge in [0.2, 0.25) is 5.95 Å². The number of halogens is 1. The van der Waals surface area contributed by atoms with E-state index in [0.29, 0.717) is 29.2 Å². The van der Waals surface area contributed by atoms with Crippen molar-refractivity contribution in [3.63, 3.8) is 0 Å². The van der Waals surface area contributed by atoms with Gasteiger partial charge < -0.3 is 10.5 Å². The minimum absolute atomic E-state index is 0.102. The average molecular weight is 370 g/mol. The number of rotatable bonds is 3. The van der Waals surface area contributed by atoms with Gasteiger partial charge in [0, 0.05) is 5.56 Å². The molecule has 0 bridgehead atoms. The fraction of sp³-hybridized carbons (Fsp3) is 0.176. The normalized spacial score (nSPS) is 13.0. The Morgan fingerprint density at radius 2 is 2.08 bits per heavy atom. The molecule has 0 unspecified atom stereocenters. The van der Waals surface area contributed by atoms with Crippen LogP contribution in [-0.4, -0.2) is 20.7 Å². The van der Waals surface area contributed by atoms with Gasteiger partial charge in [0.05, 0.1) is 30.1 Å². The Morgan fingerprint density at radius 1 is 1.24 bits per heavy atom. The van der Waals surface area contributed by atoms with Crippen molar-refractivity contribution in [1.82, 2.24) is 15.0 Å². The van der Waals surface area contributed by atoms with Crippen molar-refractivity contribution >= 4 is 40.1 Å². The van der Waals surface area contributed by atoms with Crippen LogP contribution in [0.25, 0.3) is 22.2 Å². The number of benzene rings is 2. The summed E-state index contributed by atoms with van der Waals surface area (Å²) >= 11 is 7.76. The van der Waals surface area contributed by atoms with Crippen LogP contribution in [0.2, 0.25) is 5.02 Å². The Hall–Kier alpha value is -2.40. The minimum Gasteiger partial charge on any atom is -0.372 e. The van der Waals surface area contributed by atoms with Crippen LogP contribution in [0.15, 0.2) is 29.4 Å². The summed E-state index contributed by atoms with van der Waals surface area (Å²) in [5, 5.41) is 11.8. The van der Waals surface area contributed by atoms with Gasteiger partial charge in [-0.05, 0) is 28.0 Å². The van der Waals surface area contributed by atoms with E-state index in [-0.39, 0.29) is 11.7 Å². The summed E-state index contributed by atoms with van der Waals surface area (Å²) in [6, 6.07) is 9.94. The molecule has 3 aromatic rings. The van der Waals surface area contributed by atoms with Crippen LogP contribution in [-0.2, 0) is 18.0 Å². The smallest absolute Gasteiger partial charge is 0.224 e. The van der Waals surface area contributed by atoms with E-state index < -0.39 is 0 Å². The van der Waals surface area contributed by atoms with Crippen molar-refractivity contribution in [3.05, 3.63) is 40.4 Å². The van der Waals surface area contributed by atoms with Crippen LogP contribution in [0, 0.1) is 11.3 Å². The molecule has 0 saturated heterocycles. The third-order valence-corrected chi connectivity index (χ3v) is 4.93. The molecule has 6 nitrogen and oxygen atoms in total. The Morgan fingerprint density at radius 3 is 2.92 bits per heavy atom. The molecule has 0 aliphatic carbocycles. The van der Waals surface area contributed by atoms with Crippen molar-refractivity contribution in [2.45, 2.75) is 18.4 Å². The lowest BCUT2D eigenvalue weighted by Crippen LogP contribution is -2.06. The SMILES string of the molecule is N#CCSc1nc(N)nc(-c2c(Cl)cc3c4c(cccc24)COC3)n1. The lowest BCUT2D eigenvalue weighted by atomic mass is 9.94. The van der Waals surface area contributed by atoms with E-state index in [0.717, 1.165) is 27.5 Å². The molecular formula is C17H12ClN5OS. The Bertz CT molecular complexity index is 1030. The number of nitriles is 1. The fourth-order valence-electron chi connectivity index (χ4n) is 2.99. The minimum atomic E-state index is 0.102. The number of aromatic nitrogens is 3. The molecule has 1 aliphatic rings. The van der Waals surface area contributed by atoms with Gasteiger partial charge >= 0.3 is 0 Å². The molecule has 1 aromatic heterocycles. The quantitative estimate of drug-likeness (QED) is 0.704. The first kappa shape index (κ1) is 16.1. The van der Waals surface area contributed by atoms with Gasteiger partial charge in [-0.2, -0.15) is 15.2 Å². The molecule has 8 heteroatoms. The summed E-state index contributed by atoms with van der Waals surface area (Å²) in [7, 11) is 0. The first-order valence-corrected chi connectivity index (χ1v) is 8.86. The molecular weight excluding hydrogens is 358 g/mol. The average Bonchev–Trinajstić information content (AvgIpc) is 2.60. The summed E-state index contributed by atoms with van der Waals surface area (Å²) in [5.41, 5.74) is 8.71. The summed E-state index contributed by atoms with van der Waals surface area (Å²) in [6.07, 6.45) is 0. The van der Waals surface area contributed by atoms with E-state index in [4.69, 9.17) is 27.3 Å². The number of ether oxygens (including phenoxy) is 1. The molecule has 0 atom stereocenters. The van der Waals surface area contributed by atoms with E-state index in [1.807, 2.05) is 30.3 Å². The van der Waals surface area contributed by atoms with E-state index >= 15 is 0 Å². The van der Waals surface area contributed by atoms with Crippen molar-refractivity contribution in [2.24, 2.45) is 0 Å². The van der Waals surface area contributed by atoms with Gasteiger partial charge in [-0.1, -0.05) is 41.6 Å². The van der Waals surface area contributed by atoms with E-state index in [1.54, 1.807) is 0 Å². The van der Waals surface area contributed by atoms with Crippen molar-refractivity contribution < 1.29 is 4.74 Å². The number of anilines is 1. The van der Waals surface area contributed by atoms with Crippen LogP contribution in [0.1, 0.15) is 11.1 Å². The summed E-state index contributed by atoms with van der Waals surface area (Å²) in [5.74, 6) is 0.746. The van der Waals surface area contributed by atoms with Gasteiger partial charge in [0.1, 0.15) is 0 Å². The summed E-state index contributed by atoms with van der Waals surface area (Å²) < 4.78 is 5.62. The molecule has 2 heterocycles. The highest BCUT2D eigenvalue weighted by Gasteiger charge is 2.20. The second-order valence-corrected chi connectivity index (χ2v) is 6.82. The van der Waals surface area contributed by atoms with Crippen LogP contribution in [0.4, 0.5) is 5.95 Å². The zero-order chi connectivity index (χ0) is 17.4. The Balaban J connectivity index is 1.97. The van der Waals surface area contributed by atoms with E-state index in [2.05, 4.69) is 15.0 Å². The molecule has 0 saturated carbocycles. The third kappa shape index (κ3) is 2.89. The second kappa shape index (κ2) is 6.48. The lowest BCUT2D eigenvalue weighted by Gasteiger charge is -2.20. The van der Waals surface area contributed by atoms with Crippen molar-refractivity contribution in [1.29, 1.82) is 5.26 Å². The van der Waals surface area contributed by atoms with Gasteiger partial charge in [-0.15, -0.1) is 0 Å². The molecule has 0 fully saturated rings. The number of nitrogens with zero attached hydrogens (tertiary/aromatic N) is 4. The largest absolute Gasteiger partial charge is 0.372 e. The van der Waals surface area contributed by atoms with Crippen molar-refractivity contribution in [2.75, 3.05) is 11.5 Å². The molecule has 4 rings (SSSR count). The maximum atomic E-state index is 8.76. The molecule has 1 aliphatic heterocycles.